The van der Waals surface area contributed by atoms with Crippen molar-refractivity contribution < 1.29 is 9.59 Å². The fraction of sp³-hybridized carbons (Fsp3) is 0.414. The predicted molar refractivity (Wildman–Crippen MR) is 151 cm³/mol. The molecule has 1 fully saturated rings. The van der Waals surface area contributed by atoms with E-state index in [1.165, 1.54) is 16.7 Å². The molecule has 0 saturated carbocycles. The Hall–Kier alpha value is -3.46. The van der Waals surface area contributed by atoms with E-state index in [0.29, 0.717) is 31.1 Å². The van der Waals surface area contributed by atoms with Gasteiger partial charge in [0.25, 0.3) is 0 Å². The van der Waals surface area contributed by atoms with Gasteiger partial charge < -0.3 is 15.2 Å². The van der Waals surface area contributed by atoms with Gasteiger partial charge in [-0.05, 0) is 63.6 Å². The van der Waals surface area contributed by atoms with Crippen molar-refractivity contribution in [3.63, 3.8) is 0 Å². The molecule has 0 bridgehead atoms. The van der Waals surface area contributed by atoms with Crippen molar-refractivity contribution >= 4 is 45.6 Å². The van der Waals surface area contributed by atoms with Gasteiger partial charge in [-0.1, -0.05) is 53.2 Å². The van der Waals surface area contributed by atoms with Crippen molar-refractivity contribution in [3.05, 3.63) is 59.2 Å². The highest BCUT2D eigenvalue weighted by Crippen LogP contribution is 2.29. The van der Waals surface area contributed by atoms with E-state index in [1.807, 2.05) is 0 Å². The summed E-state index contributed by atoms with van der Waals surface area (Å²) < 4.78 is 2.22. The van der Waals surface area contributed by atoms with Gasteiger partial charge in [-0.3, -0.25) is 9.59 Å². The maximum atomic E-state index is 12.3. The molecular weight excluding hydrogens is 496 g/mol. The number of aromatic nitrogens is 4. The van der Waals surface area contributed by atoms with Crippen LogP contribution >= 0.6 is 11.8 Å². The minimum atomic E-state index is -0.402. The number of unbranched alkanes of at least 4 members (excludes halogenated alkanes) is 1. The molecule has 0 radical (unpaired) electrons. The third kappa shape index (κ3) is 6.15. The highest BCUT2D eigenvalue weighted by molar-refractivity contribution is 7.99. The van der Waals surface area contributed by atoms with E-state index in [0.717, 1.165) is 53.5 Å². The summed E-state index contributed by atoms with van der Waals surface area (Å²) in [6.07, 6.45) is 4.62. The van der Waals surface area contributed by atoms with Gasteiger partial charge in [0, 0.05) is 30.6 Å². The maximum Gasteiger partial charge on any atom is 0.242 e. The average Bonchev–Trinajstić information content (AvgIpc) is 3.04. The number of nitrogens with zero attached hydrogens (tertiary/aromatic N) is 4. The smallest absolute Gasteiger partial charge is 0.242 e. The average molecular weight is 531 g/mol. The van der Waals surface area contributed by atoms with Crippen LogP contribution in [0.15, 0.2) is 47.6 Å². The molecule has 1 unspecified atom stereocenters. The highest BCUT2D eigenvalue weighted by atomic mass is 32.2. The number of thioether (sulfide) groups is 1. The minimum Gasteiger partial charge on any atom is -0.354 e. The van der Waals surface area contributed by atoms with Crippen LogP contribution in [-0.4, -0.2) is 49.9 Å². The Kier molecular flexibility index (Phi) is 8.22. The van der Waals surface area contributed by atoms with E-state index in [1.54, 1.807) is 11.8 Å². The summed E-state index contributed by atoms with van der Waals surface area (Å²) >= 11 is 1.56. The van der Waals surface area contributed by atoms with Gasteiger partial charge in [-0.2, -0.15) is 0 Å². The van der Waals surface area contributed by atoms with Gasteiger partial charge in [0.05, 0.1) is 5.52 Å². The molecule has 198 valence electrons. The molecule has 2 aromatic heterocycles. The standard InChI is InChI=1S/C29H34N6O2S/c1-19-9-12-21(13-10-19)18-35-24-14-11-20(2)17-22(24)26-27(35)32-29(34-33-26)38-16-6-4-8-25(36)31-23-7-3-5-15-30-28(23)37/h9-14,17,23H,3-8,15-16,18H2,1-2H3,(H,30,37)(H,31,36). The number of carbonyl (C=O) groups is 2. The van der Waals surface area contributed by atoms with Gasteiger partial charge in [0.15, 0.2) is 5.65 Å². The second-order valence-corrected chi connectivity index (χ2v) is 11.1. The van der Waals surface area contributed by atoms with Gasteiger partial charge >= 0.3 is 0 Å². The molecule has 2 aromatic carbocycles. The SMILES string of the molecule is Cc1ccc(Cn2c3ccc(C)cc3c3nnc(SCCCCC(=O)NC4CCCCNC4=O)nc32)cc1. The molecule has 0 spiro atoms. The Bertz CT molecular complexity index is 1450. The lowest BCUT2D eigenvalue weighted by molar-refractivity contribution is -0.128. The van der Waals surface area contributed by atoms with Crippen LogP contribution in [0, 0.1) is 13.8 Å². The zero-order chi connectivity index (χ0) is 26.5. The van der Waals surface area contributed by atoms with Crippen molar-refractivity contribution in [2.24, 2.45) is 0 Å². The van der Waals surface area contributed by atoms with Crippen LogP contribution in [0.25, 0.3) is 22.1 Å². The highest BCUT2D eigenvalue weighted by Gasteiger charge is 2.22. The largest absolute Gasteiger partial charge is 0.354 e. The Morgan fingerprint density at radius 1 is 1.08 bits per heavy atom. The van der Waals surface area contributed by atoms with E-state index >= 15 is 0 Å². The zero-order valence-electron chi connectivity index (χ0n) is 22.0. The molecule has 1 atom stereocenters. The van der Waals surface area contributed by atoms with Crippen molar-refractivity contribution in [1.82, 2.24) is 30.4 Å². The summed E-state index contributed by atoms with van der Waals surface area (Å²) in [5, 5.41) is 16.4. The monoisotopic (exact) mass is 530 g/mol. The lowest BCUT2D eigenvalue weighted by Gasteiger charge is -2.15. The lowest BCUT2D eigenvalue weighted by atomic mass is 10.1. The third-order valence-corrected chi connectivity index (χ3v) is 7.89. The summed E-state index contributed by atoms with van der Waals surface area (Å²) in [6, 6.07) is 14.6. The van der Waals surface area contributed by atoms with Gasteiger partial charge in [-0.25, -0.2) is 4.98 Å². The second-order valence-electron chi connectivity index (χ2n) is 10.1. The quantitative estimate of drug-likeness (QED) is 0.240. The normalized spacial score (nSPS) is 15.9. The molecular formula is C29H34N6O2S. The van der Waals surface area contributed by atoms with Gasteiger partial charge in [-0.15, -0.1) is 10.2 Å². The van der Waals surface area contributed by atoms with E-state index in [9.17, 15) is 9.59 Å². The van der Waals surface area contributed by atoms with Crippen LogP contribution in [0.1, 0.15) is 55.2 Å². The van der Waals surface area contributed by atoms with E-state index in [2.05, 4.69) is 81.7 Å². The first kappa shape index (κ1) is 26.2. The van der Waals surface area contributed by atoms with E-state index < -0.39 is 6.04 Å². The van der Waals surface area contributed by atoms with Crippen LogP contribution in [-0.2, 0) is 16.1 Å². The van der Waals surface area contributed by atoms with E-state index in [-0.39, 0.29) is 11.8 Å². The fourth-order valence-electron chi connectivity index (χ4n) is 4.85. The summed E-state index contributed by atoms with van der Waals surface area (Å²) in [5.74, 6) is 0.663. The topological polar surface area (TPSA) is 102 Å². The molecule has 1 aliphatic heterocycles. The summed E-state index contributed by atoms with van der Waals surface area (Å²) in [6.45, 7) is 5.58. The number of nitrogens with one attached hydrogen (secondary N) is 2. The molecule has 2 amide bonds. The molecule has 9 heteroatoms. The molecule has 4 aromatic rings. The van der Waals surface area contributed by atoms with E-state index in [4.69, 9.17) is 4.98 Å². The number of fused-ring (bicyclic) bond motifs is 3. The number of carbonyl (C=O) groups excluding carboxylic acids is 2. The van der Waals surface area contributed by atoms with Crippen LogP contribution in [0.2, 0.25) is 0 Å². The second kappa shape index (κ2) is 11.9. The molecule has 2 N–H and O–H groups in total. The Morgan fingerprint density at radius 3 is 2.74 bits per heavy atom. The molecule has 1 saturated heterocycles. The number of amides is 2. The molecule has 5 rings (SSSR count). The van der Waals surface area contributed by atoms with Crippen LogP contribution in [0.4, 0.5) is 0 Å². The zero-order valence-corrected chi connectivity index (χ0v) is 22.8. The summed E-state index contributed by atoms with van der Waals surface area (Å²) in [5.41, 5.74) is 6.38. The van der Waals surface area contributed by atoms with Crippen LogP contribution in [0.3, 0.4) is 0 Å². The van der Waals surface area contributed by atoms with Crippen molar-refractivity contribution in [2.45, 2.75) is 70.1 Å². The molecule has 38 heavy (non-hydrogen) atoms. The minimum absolute atomic E-state index is 0.0627. The van der Waals surface area contributed by atoms with Crippen molar-refractivity contribution in [1.29, 1.82) is 0 Å². The Balaban J connectivity index is 1.23. The summed E-state index contributed by atoms with van der Waals surface area (Å²) in [4.78, 5) is 29.3. The third-order valence-electron chi connectivity index (χ3n) is 6.96. The number of hydrogen-bond acceptors (Lipinski definition) is 6. The number of hydrogen-bond donors (Lipinski definition) is 2. The van der Waals surface area contributed by atoms with Crippen molar-refractivity contribution in [2.75, 3.05) is 12.3 Å². The van der Waals surface area contributed by atoms with Crippen LogP contribution < -0.4 is 10.6 Å². The molecule has 1 aliphatic rings. The first-order chi connectivity index (χ1) is 18.5. The molecule has 8 nitrogen and oxygen atoms in total. The van der Waals surface area contributed by atoms with Crippen molar-refractivity contribution in [3.8, 4) is 0 Å². The van der Waals surface area contributed by atoms with Gasteiger partial charge in [0.2, 0.25) is 17.0 Å². The number of benzene rings is 2. The lowest BCUT2D eigenvalue weighted by Crippen LogP contribution is -2.45. The van der Waals surface area contributed by atoms with Crippen LogP contribution in [0.5, 0.6) is 0 Å². The number of rotatable bonds is 9. The maximum absolute atomic E-state index is 12.3. The first-order valence-corrected chi connectivity index (χ1v) is 14.4. The molecule has 0 aliphatic carbocycles. The summed E-state index contributed by atoms with van der Waals surface area (Å²) in [7, 11) is 0. The predicted octanol–water partition coefficient (Wildman–Crippen LogP) is 4.69. The Labute approximate surface area is 227 Å². The fourth-order valence-corrected chi connectivity index (χ4v) is 5.63. The Morgan fingerprint density at radius 2 is 1.89 bits per heavy atom. The van der Waals surface area contributed by atoms with Gasteiger partial charge in [0.1, 0.15) is 11.6 Å². The number of aryl methyl sites for hydroxylation is 2. The molecule has 3 heterocycles. The first-order valence-electron chi connectivity index (χ1n) is 13.4.